The number of nitriles is 1. The van der Waals surface area contributed by atoms with Crippen molar-refractivity contribution in [2.75, 3.05) is 25.0 Å². The van der Waals surface area contributed by atoms with Crippen LogP contribution in [0.5, 0.6) is 0 Å². The lowest BCUT2D eigenvalue weighted by atomic mass is 9.99. The van der Waals surface area contributed by atoms with Crippen LogP contribution in [0.3, 0.4) is 0 Å². The number of carbonyl (C=O) groups is 7. The maximum Gasteiger partial charge on any atom is 0.329 e. The number of rotatable bonds is 6. The van der Waals surface area contributed by atoms with Crippen LogP contribution in [0.25, 0.3) is 0 Å². The van der Waals surface area contributed by atoms with Crippen LogP contribution in [0.1, 0.15) is 63.5 Å². The molecule has 59 heavy (non-hydrogen) atoms. The predicted octanol–water partition coefficient (Wildman–Crippen LogP) is 2.05. The van der Waals surface area contributed by atoms with E-state index in [2.05, 4.69) is 27.3 Å². The lowest BCUT2D eigenvalue weighted by molar-refractivity contribution is -0.163. The number of carbonyl (C=O) groups excluding carboxylic acids is 7. The Morgan fingerprint density at radius 2 is 1.54 bits per heavy atom. The number of aryl methyl sites for hydroxylation is 1. The van der Waals surface area contributed by atoms with Crippen LogP contribution in [0.2, 0.25) is 0 Å². The molecule has 314 valence electrons. The van der Waals surface area contributed by atoms with Gasteiger partial charge in [0.2, 0.25) is 29.5 Å². The number of anilines is 1. The standard InChI is InChI=1S/C41H48F2N8O8/c1-22-9-11-29(12-10-22)46-41(58)47-30(17-25-15-27(42)19-28(43)16-25)35(52)48-34-24(3)59-40(57)33-18-26(20-44)21-51(33)37(54)23(2)45-36(53)31-7-4-5-13-49(31)38(55)32-8-6-14-50(32)39(34)56/h9-12,15-16,19,23-24,26,30-34H,4-8,13-14,17-18,21H2,1-3H3,(H,45,53)(H,48,52)(H2,46,47,58)/t23-,24-,26+,30-,31-,32-,33-,34?/m0/s1. The van der Waals surface area contributed by atoms with Crippen LogP contribution in [0.15, 0.2) is 42.5 Å². The topological polar surface area (TPSA) is 210 Å². The molecule has 8 atom stereocenters. The van der Waals surface area contributed by atoms with Crippen LogP contribution in [-0.2, 0) is 39.9 Å². The van der Waals surface area contributed by atoms with Crippen molar-refractivity contribution in [1.29, 1.82) is 5.26 Å². The molecule has 0 spiro atoms. The number of nitrogens with zero attached hydrogens (tertiary/aromatic N) is 4. The Kier molecular flexibility index (Phi) is 13.1. The van der Waals surface area contributed by atoms with Crippen molar-refractivity contribution in [1.82, 2.24) is 30.7 Å². The molecule has 4 aliphatic heterocycles. The molecule has 7 amide bonds. The van der Waals surface area contributed by atoms with E-state index in [9.17, 15) is 47.6 Å². The third kappa shape index (κ3) is 9.78. The van der Waals surface area contributed by atoms with Gasteiger partial charge < -0.3 is 40.7 Å². The van der Waals surface area contributed by atoms with E-state index in [1.54, 1.807) is 24.3 Å². The molecule has 4 fully saturated rings. The Labute approximate surface area is 339 Å². The van der Waals surface area contributed by atoms with Gasteiger partial charge in [-0.25, -0.2) is 18.4 Å². The van der Waals surface area contributed by atoms with Gasteiger partial charge in [-0.1, -0.05) is 17.7 Å². The molecule has 0 radical (unpaired) electrons. The summed E-state index contributed by atoms with van der Waals surface area (Å²) in [7, 11) is 0. The second-order valence-corrected chi connectivity index (χ2v) is 15.7. The minimum absolute atomic E-state index is 0.000303. The van der Waals surface area contributed by atoms with Gasteiger partial charge in [-0.15, -0.1) is 0 Å². The van der Waals surface area contributed by atoms with Gasteiger partial charge in [0.15, 0.2) is 0 Å². The zero-order valence-corrected chi connectivity index (χ0v) is 33.0. The van der Waals surface area contributed by atoms with E-state index in [4.69, 9.17) is 4.74 Å². The molecule has 4 aliphatic rings. The van der Waals surface area contributed by atoms with Gasteiger partial charge in [0.05, 0.1) is 12.0 Å². The Hall–Kier alpha value is -6.12. The highest BCUT2D eigenvalue weighted by Crippen LogP contribution is 2.29. The van der Waals surface area contributed by atoms with Crippen molar-refractivity contribution in [3.63, 3.8) is 0 Å². The summed E-state index contributed by atoms with van der Waals surface area (Å²) in [6.45, 7) is 4.83. The summed E-state index contributed by atoms with van der Waals surface area (Å²) in [6.07, 6.45) is 0.197. The monoisotopic (exact) mass is 818 g/mol. The average Bonchev–Trinajstić information content (AvgIpc) is 3.87. The van der Waals surface area contributed by atoms with Crippen molar-refractivity contribution in [3.05, 3.63) is 65.2 Å². The van der Waals surface area contributed by atoms with Crippen LogP contribution >= 0.6 is 0 Å². The molecule has 4 saturated heterocycles. The third-order valence-electron chi connectivity index (χ3n) is 11.3. The molecule has 2 aromatic carbocycles. The number of hydrogen-bond acceptors (Lipinski definition) is 9. The number of fused-ring (bicyclic) bond motifs is 3. The highest BCUT2D eigenvalue weighted by Gasteiger charge is 2.48. The lowest BCUT2D eigenvalue weighted by Crippen LogP contribution is -2.63. The molecular weight excluding hydrogens is 770 g/mol. The van der Waals surface area contributed by atoms with Gasteiger partial charge in [-0.2, -0.15) is 5.26 Å². The van der Waals surface area contributed by atoms with Gasteiger partial charge in [0.1, 0.15) is 54.0 Å². The summed E-state index contributed by atoms with van der Waals surface area (Å²) in [5, 5.41) is 20.2. The normalized spacial score (nSPS) is 27.1. The summed E-state index contributed by atoms with van der Waals surface area (Å²) < 4.78 is 34.5. The molecule has 6 rings (SSSR count). The summed E-state index contributed by atoms with van der Waals surface area (Å²) >= 11 is 0. The number of ether oxygens (including phenoxy) is 1. The molecule has 0 aromatic heterocycles. The Morgan fingerprint density at radius 1 is 0.881 bits per heavy atom. The highest BCUT2D eigenvalue weighted by molar-refractivity contribution is 5.99. The van der Waals surface area contributed by atoms with Crippen LogP contribution in [0, 0.1) is 35.8 Å². The lowest BCUT2D eigenvalue weighted by Gasteiger charge is -2.39. The zero-order chi connectivity index (χ0) is 42.5. The van der Waals surface area contributed by atoms with E-state index < -0.39 is 108 Å². The molecule has 0 saturated carbocycles. The second-order valence-electron chi connectivity index (χ2n) is 15.7. The first-order valence-electron chi connectivity index (χ1n) is 19.8. The number of amides is 7. The second kappa shape index (κ2) is 18.2. The van der Waals surface area contributed by atoms with Crippen molar-refractivity contribution >= 4 is 47.2 Å². The first kappa shape index (κ1) is 42.5. The summed E-state index contributed by atoms with van der Waals surface area (Å²) in [4.78, 5) is 102. The molecule has 2 aromatic rings. The van der Waals surface area contributed by atoms with E-state index in [1.165, 1.54) is 23.6 Å². The van der Waals surface area contributed by atoms with Gasteiger partial charge in [0.25, 0.3) is 0 Å². The fraction of sp³-hybridized carbons (Fsp3) is 0.512. The largest absolute Gasteiger partial charge is 0.458 e. The fourth-order valence-corrected chi connectivity index (χ4v) is 8.24. The Bertz CT molecular complexity index is 2010. The van der Waals surface area contributed by atoms with E-state index in [-0.39, 0.29) is 38.0 Å². The zero-order valence-electron chi connectivity index (χ0n) is 33.0. The minimum atomic E-state index is -1.68. The predicted molar refractivity (Wildman–Crippen MR) is 206 cm³/mol. The van der Waals surface area contributed by atoms with Crippen molar-refractivity contribution in [2.45, 2.75) is 108 Å². The molecule has 0 bridgehead atoms. The van der Waals surface area contributed by atoms with Crippen LogP contribution in [0.4, 0.5) is 19.3 Å². The number of benzene rings is 2. The van der Waals surface area contributed by atoms with E-state index in [1.807, 2.05) is 6.92 Å². The number of halogens is 2. The smallest absolute Gasteiger partial charge is 0.329 e. The van der Waals surface area contributed by atoms with Crippen molar-refractivity contribution < 1.29 is 47.1 Å². The van der Waals surface area contributed by atoms with Gasteiger partial charge in [-0.3, -0.25) is 24.0 Å². The number of nitrogens with one attached hydrogen (secondary N) is 4. The summed E-state index contributed by atoms with van der Waals surface area (Å²) in [6, 6.07) is 2.97. The van der Waals surface area contributed by atoms with Crippen LogP contribution < -0.4 is 21.3 Å². The minimum Gasteiger partial charge on any atom is -0.458 e. The van der Waals surface area contributed by atoms with Gasteiger partial charge >= 0.3 is 12.0 Å². The Morgan fingerprint density at radius 3 is 2.24 bits per heavy atom. The third-order valence-corrected chi connectivity index (χ3v) is 11.3. The van der Waals surface area contributed by atoms with Crippen molar-refractivity contribution in [3.8, 4) is 6.07 Å². The van der Waals surface area contributed by atoms with Gasteiger partial charge in [-0.05, 0) is 89.1 Å². The summed E-state index contributed by atoms with van der Waals surface area (Å²) in [5.74, 6) is -7.09. The number of cyclic esters (lactones) is 1. The molecule has 0 aliphatic carbocycles. The Balaban J connectivity index is 1.35. The first-order chi connectivity index (χ1) is 28.1. The summed E-state index contributed by atoms with van der Waals surface area (Å²) in [5.41, 5.74) is 1.30. The number of hydrogen-bond donors (Lipinski definition) is 4. The molecule has 18 heteroatoms. The number of urea groups is 1. The molecular formula is C41H48F2N8O8. The maximum atomic E-state index is 14.7. The fourth-order valence-electron chi connectivity index (χ4n) is 8.24. The van der Waals surface area contributed by atoms with E-state index in [0.717, 1.165) is 22.6 Å². The van der Waals surface area contributed by atoms with Crippen LogP contribution in [-0.4, -0.2) is 118 Å². The maximum absolute atomic E-state index is 14.7. The first-order valence-corrected chi connectivity index (χ1v) is 19.8. The highest BCUT2D eigenvalue weighted by atomic mass is 19.1. The molecule has 4 N–H and O–H groups in total. The van der Waals surface area contributed by atoms with E-state index in [0.29, 0.717) is 37.4 Å². The molecule has 4 heterocycles. The number of esters is 1. The number of piperidine rings is 1. The molecule has 16 nitrogen and oxygen atoms in total. The molecule has 1 unspecified atom stereocenters. The average molecular weight is 819 g/mol. The van der Waals surface area contributed by atoms with Gasteiger partial charge in [0, 0.05) is 37.8 Å². The SMILES string of the molecule is Cc1ccc(NC(=O)N[C@@H](Cc2cc(F)cc(F)c2)C(=O)NC2C(=O)N3CCC[C@H]3C(=O)N3CCCC[C@H]3C(=O)N[C@@H](C)C(=O)N3C[C@@H](C#N)C[C@H]3C(=O)O[C@H]2C)cc1. The van der Waals surface area contributed by atoms with E-state index >= 15 is 0 Å². The van der Waals surface area contributed by atoms with Crippen molar-refractivity contribution in [2.24, 2.45) is 5.92 Å². The quantitative estimate of drug-likeness (QED) is 0.314.